The first-order chi connectivity index (χ1) is 6.10. The van der Waals surface area contributed by atoms with Crippen molar-refractivity contribution >= 4 is 7.26 Å². The Morgan fingerprint density at radius 2 is 1.46 bits per heavy atom. The fourth-order valence-corrected chi connectivity index (χ4v) is 2.51. The second-order valence-corrected chi connectivity index (χ2v) is 7.81. The molecule has 4 heteroatoms. The third-order valence-corrected chi connectivity index (χ3v) is 4.96. The number of hydrogen-bond donors (Lipinski definition) is 0. The highest BCUT2D eigenvalue weighted by Gasteiger charge is 2.37. The highest BCUT2D eigenvalue weighted by Crippen LogP contribution is 2.59. The van der Waals surface area contributed by atoms with E-state index in [2.05, 4.69) is 13.8 Å². The molecule has 0 aromatic carbocycles. The molecule has 0 nitrogen and oxygen atoms in total. The molecule has 0 spiro atoms. The van der Waals surface area contributed by atoms with Crippen LogP contribution in [0.25, 0.3) is 0 Å². The van der Waals surface area contributed by atoms with Gasteiger partial charge in [-0.2, -0.15) is 0 Å². The van der Waals surface area contributed by atoms with Gasteiger partial charge in [0.1, 0.15) is 7.26 Å². The lowest BCUT2D eigenvalue weighted by Crippen LogP contribution is -2.06. The van der Waals surface area contributed by atoms with Crippen molar-refractivity contribution in [3.05, 3.63) is 0 Å². The molecule has 0 bridgehead atoms. The van der Waals surface area contributed by atoms with Gasteiger partial charge in [-0.3, -0.25) is 0 Å². The number of alkyl halides is 3. The van der Waals surface area contributed by atoms with Crippen LogP contribution in [-0.4, -0.2) is 25.4 Å². The van der Waals surface area contributed by atoms with E-state index < -0.39 is 26.5 Å². The molecule has 0 radical (unpaired) electrons. The lowest BCUT2D eigenvalue weighted by molar-refractivity contribution is 0.517. The van der Waals surface area contributed by atoms with Gasteiger partial charge in [-0.1, -0.05) is 13.8 Å². The first-order valence-corrected chi connectivity index (χ1v) is 7.16. The average Bonchev–Trinajstić information content (AvgIpc) is 2.13. The molecule has 0 aromatic rings. The van der Waals surface area contributed by atoms with Gasteiger partial charge in [-0.05, 0) is 18.8 Å². The monoisotopic (exact) mass is 215 g/mol. The van der Waals surface area contributed by atoms with Crippen molar-refractivity contribution < 1.29 is 13.2 Å². The van der Waals surface area contributed by atoms with E-state index in [0.717, 1.165) is 12.8 Å². The molecule has 13 heavy (non-hydrogen) atoms. The van der Waals surface area contributed by atoms with Crippen molar-refractivity contribution in [2.75, 3.05) is 25.4 Å². The van der Waals surface area contributed by atoms with Crippen LogP contribution >= 0.6 is 7.26 Å². The summed E-state index contributed by atoms with van der Waals surface area (Å²) in [5, 5.41) is 0. The second-order valence-electron chi connectivity index (χ2n) is 3.96. The van der Waals surface area contributed by atoms with Crippen LogP contribution in [0.15, 0.2) is 0 Å². The zero-order chi connectivity index (χ0) is 10.3. The molecule has 0 amide bonds. The minimum atomic E-state index is -2.50. The van der Waals surface area contributed by atoms with Crippen molar-refractivity contribution in [2.24, 2.45) is 5.92 Å². The van der Waals surface area contributed by atoms with Gasteiger partial charge in [0.25, 0.3) is 0 Å². The fourth-order valence-electron chi connectivity index (χ4n) is 1.11. The predicted molar refractivity (Wildman–Crippen MR) is 53.8 cm³/mol. The van der Waals surface area contributed by atoms with Crippen molar-refractivity contribution in [2.45, 2.75) is 26.7 Å². The molecule has 0 aliphatic carbocycles. The molecule has 0 rings (SSSR count). The lowest BCUT2D eigenvalue weighted by atomic mass is 10.1. The first kappa shape index (κ1) is 13.2. The van der Waals surface area contributed by atoms with Crippen LogP contribution in [0.5, 0.6) is 0 Å². The molecule has 0 heterocycles. The average molecular weight is 215 g/mol. The van der Waals surface area contributed by atoms with Crippen molar-refractivity contribution in [1.82, 2.24) is 0 Å². The lowest BCUT2D eigenvalue weighted by Gasteiger charge is -2.17. The summed E-state index contributed by atoms with van der Waals surface area (Å²) in [6.45, 7) is 4.11. The zero-order valence-electron chi connectivity index (χ0n) is 8.40. The van der Waals surface area contributed by atoms with E-state index in [-0.39, 0.29) is 0 Å². The Morgan fingerprint density at radius 1 is 1.00 bits per heavy atom. The van der Waals surface area contributed by atoms with Crippen molar-refractivity contribution in [3.63, 3.8) is 0 Å². The van der Waals surface area contributed by atoms with Crippen LogP contribution in [0, 0.1) is 5.92 Å². The van der Waals surface area contributed by atoms with E-state index in [1.165, 1.54) is 0 Å². The third kappa shape index (κ3) is 4.85. The maximum atomic E-state index is 12.4. The molecule has 0 atom stereocenters. The maximum Gasteiger partial charge on any atom is 0.201 e. The molecule has 0 aliphatic rings. The van der Waals surface area contributed by atoms with Gasteiger partial charge < -0.3 is 0 Å². The van der Waals surface area contributed by atoms with Crippen LogP contribution in [0.3, 0.4) is 0 Å². The molecular formula is C9H19F3P+. The van der Waals surface area contributed by atoms with E-state index in [0.29, 0.717) is 12.1 Å². The summed E-state index contributed by atoms with van der Waals surface area (Å²) in [6.07, 6.45) is -0.228. The minimum absolute atomic E-state index is 0.425. The highest BCUT2D eigenvalue weighted by molar-refractivity contribution is 7.75. The summed E-state index contributed by atoms with van der Waals surface area (Å²) in [4.78, 5) is 0. The van der Waals surface area contributed by atoms with E-state index >= 15 is 0 Å². The molecule has 0 aromatic heterocycles. The van der Waals surface area contributed by atoms with Gasteiger partial charge in [-0.15, -0.1) is 0 Å². The molecular weight excluding hydrogens is 196 g/mol. The highest BCUT2D eigenvalue weighted by atomic mass is 31.2. The Balaban J connectivity index is 3.81. The Bertz CT molecular complexity index is 116. The van der Waals surface area contributed by atoms with Crippen molar-refractivity contribution in [1.29, 1.82) is 0 Å². The zero-order valence-corrected chi connectivity index (χ0v) is 9.30. The van der Waals surface area contributed by atoms with Crippen LogP contribution in [0.4, 0.5) is 13.2 Å². The van der Waals surface area contributed by atoms with E-state index in [4.69, 9.17) is 0 Å². The van der Waals surface area contributed by atoms with Crippen LogP contribution < -0.4 is 0 Å². The van der Waals surface area contributed by atoms with Crippen LogP contribution in [-0.2, 0) is 0 Å². The Kier molecular flexibility index (Phi) is 6.75. The number of halogens is 3. The molecule has 0 fully saturated rings. The molecule has 0 saturated heterocycles. The van der Waals surface area contributed by atoms with Gasteiger partial charge in [0, 0.05) is 0 Å². The van der Waals surface area contributed by atoms with E-state index in [1.54, 1.807) is 0 Å². The second kappa shape index (κ2) is 6.64. The fraction of sp³-hybridized carbons (Fsp3) is 1.00. The maximum absolute atomic E-state index is 12.4. The van der Waals surface area contributed by atoms with E-state index in [9.17, 15) is 13.2 Å². The quantitative estimate of drug-likeness (QED) is 0.558. The van der Waals surface area contributed by atoms with Crippen molar-refractivity contribution in [3.8, 4) is 0 Å². The van der Waals surface area contributed by atoms with Gasteiger partial charge >= 0.3 is 0 Å². The summed E-state index contributed by atoms with van der Waals surface area (Å²) < 4.78 is 37.2. The normalized spacial score (nSPS) is 12.5. The SMILES string of the molecule is CC(C)CCC[P+](CF)(CF)CF. The van der Waals surface area contributed by atoms with Gasteiger partial charge in [0.15, 0.2) is 0 Å². The van der Waals surface area contributed by atoms with Gasteiger partial charge in [0.05, 0.1) is 6.16 Å². The van der Waals surface area contributed by atoms with E-state index in [1.807, 2.05) is 0 Å². The first-order valence-electron chi connectivity index (χ1n) is 4.63. The van der Waals surface area contributed by atoms with Gasteiger partial charge in [-0.25, -0.2) is 13.2 Å². The Hall–Kier alpha value is 0.220. The molecule has 0 aliphatic heterocycles. The standard InChI is InChI=1S/C9H19F3P/c1-9(2)4-3-5-13(6-10,7-11)8-12/h9H,3-8H2,1-2H3/q+1. The molecule has 80 valence electrons. The molecule has 0 N–H and O–H groups in total. The Labute approximate surface area is 79.2 Å². The topological polar surface area (TPSA) is 0 Å². The number of hydrogen-bond acceptors (Lipinski definition) is 0. The van der Waals surface area contributed by atoms with Crippen LogP contribution in [0.2, 0.25) is 0 Å². The summed E-state index contributed by atoms with van der Waals surface area (Å²) in [5.41, 5.74) is 0. The molecule has 0 unspecified atom stereocenters. The Morgan fingerprint density at radius 3 is 1.77 bits per heavy atom. The van der Waals surface area contributed by atoms with Gasteiger partial charge in [0.2, 0.25) is 19.2 Å². The summed E-state index contributed by atoms with van der Waals surface area (Å²) in [6, 6.07) is 0. The summed E-state index contributed by atoms with van der Waals surface area (Å²) in [7, 11) is -2.50. The van der Waals surface area contributed by atoms with Crippen LogP contribution in [0.1, 0.15) is 26.7 Å². The summed E-state index contributed by atoms with van der Waals surface area (Å²) >= 11 is 0. The summed E-state index contributed by atoms with van der Waals surface area (Å²) in [5.74, 6) is 0.528. The smallest absolute Gasteiger partial charge is 0.201 e. The largest absolute Gasteiger partial charge is 0.206 e. The molecule has 0 saturated carbocycles. The predicted octanol–water partition coefficient (Wildman–Crippen LogP) is 4.22. The minimum Gasteiger partial charge on any atom is -0.206 e. The third-order valence-electron chi connectivity index (χ3n) is 2.17. The number of rotatable bonds is 7.